The van der Waals surface area contributed by atoms with Crippen molar-refractivity contribution in [3.8, 4) is 0 Å². The van der Waals surface area contributed by atoms with Crippen LogP contribution in [0, 0.1) is 13.8 Å². The van der Waals surface area contributed by atoms with E-state index in [2.05, 4.69) is 4.98 Å². The third kappa shape index (κ3) is 4.81. The van der Waals surface area contributed by atoms with E-state index in [-0.39, 0.29) is 37.5 Å². The van der Waals surface area contributed by atoms with Crippen LogP contribution in [0.4, 0.5) is 0 Å². The molecule has 0 aliphatic rings. The van der Waals surface area contributed by atoms with Gasteiger partial charge in [0.15, 0.2) is 5.78 Å². The summed E-state index contributed by atoms with van der Waals surface area (Å²) in [7, 11) is 0. The smallest absolute Gasteiger partial charge is 0.355 e. The number of aromatic amines is 1. The highest BCUT2D eigenvalue weighted by atomic mass is 16.5. The Bertz CT molecular complexity index is 792. The molecule has 0 atom stereocenters. The summed E-state index contributed by atoms with van der Waals surface area (Å²) in [5.74, 6) is -1.13. The van der Waals surface area contributed by atoms with Crippen molar-refractivity contribution in [1.29, 1.82) is 0 Å². The van der Waals surface area contributed by atoms with E-state index in [9.17, 15) is 14.4 Å². The van der Waals surface area contributed by atoms with Gasteiger partial charge in [-0.25, -0.2) is 4.79 Å². The number of nitrogens with one attached hydrogen (secondary N) is 1. The normalized spacial score (nSPS) is 10.4. The lowest BCUT2D eigenvalue weighted by molar-refractivity contribution is -0.143. The molecule has 2 aromatic rings. The Morgan fingerprint density at radius 2 is 1.69 bits per heavy atom. The van der Waals surface area contributed by atoms with Crippen molar-refractivity contribution < 1.29 is 23.9 Å². The summed E-state index contributed by atoms with van der Waals surface area (Å²) in [5.41, 5.74) is 2.70. The molecule has 6 heteroatoms. The Morgan fingerprint density at radius 1 is 1.00 bits per heavy atom. The molecule has 1 aromatic heterocycles. The summed E-state index contributed by atoms with van der Waals surface area (Å²) in [6, 6.07) is 9.36. The fraction of sp³-hybridized carbons (Fsp3) is 0.350. The Hall–Kier alpha value is -2.89. The lowest BCUT2D eigenvalue weighted by Crippen LogP contribution is -2.10. The highest BCUT2D eigenvalue weighted by Crippen LogP contribution is 2.21. The van der Waals surface area contributed by atoms with Crippen molar-refractivity contribution in [3.63, 3.8) is 0 Å². The second kappa shape index (κ2) is 8.99. The fourth-order valence-corrected chi connectivity index (χ4v) is 2.74. The van der Waals surface area contributed by atoms with Gasteiger partial charge in [0.25, 0.3) is 0 Å². The molecule has 0 aliphatic carbocycles. The lowest BCUT2D eigenvalue weighted by atomic mass is 10.0. The van der Waals surface area contributed by atoms with Gasteiger partial charge in [0.2, 0.25) is 0 Å². The number of H-pyrrole nitrogens is 1. The van der Waals surface area contributed by atoms with E-state index < -0.39 is 11.9 Å². The maximum Gasteiger partial charge on any atom is 0.355 e. The van der Waals surface area contributed by atoms with Gasteiger partial charge in [-0.15, -0.1) is 0 Å². The Balaban J connectivity index is 2.05. The maximum atomic E-state index is 12.4. The van der Waals surface area contributed by atoms with E-state index >= 15 is 0 Å². The Labute approximate surface area is 152 Å². The van der Waals surface area contributed by atoms with Crippen molar-refractivity contribution in [1.82, 2.24) is 4.98 Å². The van der Waals surface area contributed by atoms with Crippen molar-refractivity contribution in [3.05, 3.63) is 58.4 Å². The first kappa shape index (κ1) is 19.4. The minimum atomic E-state index is -0.515. The van der Waals surface area contributed by atoms with E-state index in [0.717, 1.165) is 5.56 Å². The van der Waals surface area contributed by atoms with Crippen LogP contribution in [0.25, 0.3) is 0 Å². The molecule has 0 unspecified atom stereocenters. The summed E-state index contributed by atoms with van der Waals surface area (Å²) in [5, 5.41) is 0. The molecular formula is C20H23NO5. The largest absolute Gasteiger partial charge is 0.466 e. The minimum Gasteiger partial charge on any atom is -0.466 e. The molecule has 0 saturated carbocycles. The molecular weight excluding hydrogens is 334 g/mol. The van der Waals surface area contributed by atoms with Crippen LogP contribution < -0.4 is 0 Å². The van der Waals surface area contributed by atoms with E-state index in [1.165, 1.54) is 0 Å². The minimum absolute atomic E-state index is 0.0184. The van der Waals surface area contributed by atoms with Crippen molar-refractivity contribution in [2.45, 2.75) is 40.2 Å². The third-order valence-corrected chi connectivity index (χ3v) is 3.99. The SMILES string of the molecule is CCOC(=O)CCC(=O)c1c(C)[nH]c(C(=O)OCc2ccccc2)c1C. The first-order valence-electron chi connectivity index (χ1n) is 8.53. The summed E-state index contributed by atoms with van der Waals surface area (Å²) in [4.78, 5) is 39.1. The van der Waals surface area contributed by atoms with Gasteiger partial charge in [0.1, 0.15) is 12.3 Å². The number of benzene rings is 1. The molecule has 0 spiro atoms. The van der Waals surface area contributed by atoms with Crippen LogP contribution in [0.2, 0.25) is 0 Å². The predicted octanol–water partition coefficient (Wildman–Crippen LogP) is 3.51. The summed E-state index contributed by atoms with van der Waals surface area (Å²) in [6.07, 6.45) is 0.0569. The van der Waals surface area contributed by atoms with Gasteiger partial charge >= 0.3 is 11.9 Å². The van der Waals surface area contributed by atoms with Gasteiger partial charge in [0, 0.05) is 17.7 Å². The average Bonchev–Trinajstić information content (AvgIpc) is 2.93. The van der Waals surface area contributed by atoms with E-state index in [0.29, 0.717) is 16.8 Å². The molecule has 1 heterocycles. The fourth-order valence-electron chi connectivity index (χ4n) is 2.74. The van der Waals surface area contributed by atoms with E-state index in [4.69, 9.17) is 9.47 Å². The molecule has 0 amide bonds. The highest BCUT2D eigenvalue weighted by molar-refractivity contribution is 6.03. The van der Waals surface area contributed by atoms with Crippen LogP contribution in [0.3, 0.4) is 0 Å². The standard InChI is InChI=1S/C20H23NO5/c1-4-25-17(23)11-10-16(22)18-13(2)19(21-14(18)3)20(24)26-12-15-8-6-5-7-9-15/h5-9,21H,4,10-12H2,1-3H3. The second-order valence-electron chi connectivity index (χ2n) is 5.91. The predicted molar refractivity (Wildman–Crippen MR) is 96.0 cm³/mol. The zero-order valence-corrected chi connectivity index (χ0v) is 15.3. The molecule has 26 heavy (non-hydrogen) atoms. The summed E-state index contributed by atoms with van der Waals surface area (Å²) in [6.45, 7) is 5.57. The van der Waals surface area contributed by atoms with Gasteiger partial charge in [-0.3, -0.25) is 9.59 Å². The molecule has 6 nitrogen and oxygen atoms in total. The third-order valence-electron chi connectivity index (χ3n) is 3.99. The lowest BCUT2D eigenvalue weighted by Gasteiger charge is -2.05. The van der Waals surface area contributed by atoms with Crippen molar-refractivity contribution in [2.24, 2.45) is 0 Å². The molecule has 2 rings (SSSR count). The highest BCUT2D eigenvalue weighted by Gasteiger charge is 2.23. The molecule has 0 bridgehead atoms. The summed E-state index contributed by atoms with van der Waals surface area (Å²) >= 11 is 0. The topological polar surface area (TPSA) is 85.5 Å². The van der Waals surface area contributed by atoms with Gasteiger partial charge in [-0.2, -0.15) is 0 Å². The quantitative estimate of drug-likeness (QED) is 0.577. The Kier molecular flexibility index (Phi) is 6.72. The number of ether oxygens (including phenoxy) is 2. The van der Waals surface area contributed by atoms with Crippen LogP contribution in [0.5, 0.6) is 0 Å². The number of aromatic nitrogens is 1. The van der Waals surface area contributed by atoms with Gasteiger partial charge in [-0.05, 0) is 31.9 Å². The molecule has 0 aliphatic heterocycles. The average molecular weight is 357 g/mol. The molecule has 1 N–H and O–H groups in total. The number of carbonyl (C=O) groups excluding carboxylic acids is 3. The van der Waals surface area contributed by atoms with Crippen molar-refractivity contribution in [2.75, 3.05) is 6.61 Å². The number of rotatable bonds is 8. The summed E-state index contributed by atoms with van der Waals surface area (Å²) < 4.78 is 10.2. The first-order chi connectivity index (χ1) is 12.4. The number of hydrogen-bond acceptors (Lipinski definition) is 5. The number of hydrogen-bond donors (Lipinski definition) is 1. The molecule has 1 aromatic carbocycles. The van der Waals surface area contributed by atoms with Gasteiger partial charge < -0.3 is 14.5 Å². The van der Waals surface area contributed by atoms with Crippen LogP contribution in [0.1, 0.15) is 57.4 Å². The monoisotopic (exact) mass is 357 g/mol. The number of ketones is 1. The van der Waals surface area contributed by atoms with Crippen molar-refractivity contribution >= 4 is 17.7 Å². The molecule has 0 fully saturated rings. The van der Waals surface area contributed by atoms with Crippen LogP contribution >= 0.6 is 0 Å². The van der Waals surface area contributed by atoms with Gasteiger partial charge in [0.05, 0.1) is 13.0 Å². The number of esters is 2. The first-order valence-corrected chi connectivity index (χ1v) is 8.53. The second-order valence-corrected chi connectivity index (χ2v) is 5.91. The van der Waals surface area contributed by atoms with Crippen LogP contribution in [0.15, 0.2) is 30.3 Å². The van der Waals surface area contributed by atoms with Crippen LogP contribution in [-0.4, -0.2) is 29.3 Å². The Morgan fingerprint density at radius 3 is 2.35 bits per heavy atom. The van der Waals surface area contributed by atoms with Crippen LogP contribution in [-0.2, 0) is 20.9 Å². The number of aryl methyl sites for hydroxylation is 1. The number of Topliss-reactive ketones (excluding diaryl/α,β-unsaturated/α-hetero) is 1. The molecule has 0 radical (unpaired) electrons. The van der Waals surface area contributed by atoms with E-state index in [1.807, 2.05) is 30.3 Å². The molecule has 138 valence electrons. The zero-order chi connectivity index (χ0) is 19.1. The maximum absolute atomic E-state index is 12.4. The van der Waals surface area contributed by atoms with Gasteiger partial charge in [-0.1, -0.05) is 30.3 Å². The van der Waals surface area contributed by atoms with E-state index in [1.54, 1.807) is 20.8 Å². The zero-order valence-electron chi connectivity index (χ0n) is 15.3. The number of carbonyl (C=O) groups is 3. The molecule has 0 saturated heterocycles.